The molecule has 2 aromatic rings. The number of ether oxygens (including phenoxy) is 2. The van der Waals surface area contributed by atoms with Crippen LogP contribution in [0.1, 0.15) is 49.7 Å². The first kappa shape index (κ1) is 20.8. The Bertz CT molecular complexity index is 798. The van der Waals surface area contributed by atoms with E-state index in [1.165, 1.54) is 74.1 Å². The third-order valence-electron chi connectivity index (χ3n) is 7.01. The molecule has 0 amide bonds. The number of likely N-dealkylation sites (tertiary alicyclic amines) is 2. The van der Waals surface area contributed by atoms with E-state index in [1.807, 2.05) is 0 Å². The molecule has 5 rings (SSSR count). The summed E-state index contributed by atoms with van der Waals surface area (Å²) in [6.45, 7) is 8.95. The Morgan fingerprint density at radius 1 is 0.613 bits per heavy atom. The Kier molecular flexibility index (Phi) is 6.76. The van der Waals surface area contributed by atoms with Gasteiger partial charge in [0, 0.05) is 13.1 Å². The molecule has 2 saturated heterocycles. The highest BCUT2D eigenvalue weighted by Gasteiger charge is 2.20. The van der Waals surface area contributed by atoms with Gasteiger partial charge in [0.25, 0.3) is 0 Å². The first-order valence-corrected chi connectivity index (χ1v) is 12.3. The van der Waals surface area contributed by atoms with E-state index in [1.54, 1.807) is 0 Å². The first-order chi connectivity index (χ1) is 15.3. The summed E-state index contributed by atoms with van der Waals surface area (Å²) in [5.41, 5.74) is 5.42. The lowest BCUT2D eigenvalue weighted by atomic mass is 10.1. The highest BCUT2D eigenvalue weighted by Crippen LogP contribution is 2.40. The average Bonchev–Trinajstić information content (AvgIpc) is 3.55. The normalized spacial score (nSPS) is 18.3. The second kappa shape index (κ2) is 10.1. The molecule has 4 heteroatoms. The van der Waals surface area contributed by atoms with Gasteiger partial charge >= 0.3 is 0 Å². The molecule has 3 aliphatic rings. The zero-order valence-corrected chi connectivity index (χ0v) is 18.8. The quantitative estimate of drug-likeness (QED) is 0.432. The van der Waals surface area contributed by atoms with Crippen molar-refractivity contribution in [3.8, 4) is 22.6 Å². The summed E-state index contributed by atoms with van der Waals surface area (Å²) in [5.74, 6) is 1.98. The van der Waals surface area contributed by atoms with Crippen LogP contribution in [-0.4, -0.2) is 62.3 Å². The van der Waals surface area contributed by atoms with Crippen molar-refractivity contribution in [2.75, 3.05) is 52.5 Å². The summed E-state index contributed by atoms with van der Waals surface area (Å²) in [4.78, 5) is 5.10. The fourth-order valence-electron chi connectivity index (χ4n) is 5.27. The molecule has 31 heavy (non-hydrogen) atoms. The molecule has 0 atom stereocenters. The second-order valence-corrected chi connectivity index (χ2v) is 9.32. The van der Waals surface area contributed by atoms with Crippen molar-refractivity contribution in [3.63, 3.8) is 0 Å². The predicted molar refractivity (Wildman–Crippen MR) is 126 cm³/mol. The van der Waals surface area contributed by atoms with Crippen molar-refractivity contribution in [3.05, 3.63) is 47.5 Å². The van der Waals surface area contributed by atoms with E-state index in [0.29, 0.717) is 0 Å². The number of rotatable bonds is 10. The van der Waals surface area contributed by atoms with Crippen LogP contribution in [0.3, 0.4) is 0 Å². The summed E-state index contributed by atoms with van der Waals surface area (Å²) in [5, 5.41) is 0. The van der Waals surface area contributed by atoms with Crippen molar-refractivity contribution in [2.45, 2.75) is 44.9 Å². The lowest BCUT2D eigenvalue weighted by Gasteiger charge is -2.15. The Labute approximate surface area is 187 Å². The Morgan fingerprint density at radius 3 is 1.52 bits per heavy atom. The molecular weight excluding hydrogens is 384 g/mol. The van der Waals surface area contributed by atoms with Gasteiger partial charge in [0.2, 0.25) is 0 Å². The summed E-state index contributed by atoms with van der Waals surface area (Å²) in [7, 11) is 0. The fourth-order valence-corrected chi connectivity index (χ4v) is 5.27. The van der Waals surface area contributed by atoms with Gasteiger partial charge in [0.05, 0.1) is 13.2 Å². The summed E-state index contributed by atoms with van der Waals surface area (Å²) < 4.78 is 12.2. The molecule has 2 heterocycles. The van der Waals surface area contributed by atoms with Gasteiger partial charge in [0.1, 0.15) is 11.5 Å². The van der Waals surface area contributed by atoms with Gasteiger partial charge in [-0.05, 0) is 118 Å². The molecule has 0 N–H and O–H groups in total. The van der Waals surface area contributed by atoms with Gasteiger partial charge in [-0.15, -0.1) is 0 Å². The van der Waals surface area contributed by atoms with Gasteiger partial charge in [-0.3, -0.25) is 0 Å². The highest BCUT2D eigenvalue weighted by molar-refractivity contribution is 5.78. The smallest absolute Gasteiger partial charge is 0.119 e. The Hall–Kier alpha value is -2.04. The zero-order valence-electron chi connectivity index (χ0n) is 18.8. The van der Waals surface area contributed by atoms with Gasteiger partial charge in [-0.2, -0.15) is 0 Å². The molecule has 2 aliphatic heterocycles. The molecule has 0 radical (unpaired) electrons. The molecule has 0 bridgehead atoms. The van der Waals surface area contributed by atoms with Crippen LogP contribution in [0.5, 0.6) is 11.5 Å². The number of fused-ring (bicyclic) bond motifs is 3. The van der Waals surface area contributed by atoms with E-state index in [9.17, 15) is 0 Å². The minimum atomic E-state index is 0.794. The van der Waals surface area contributed by atoms with Crippen molar-refractivity contribution >= 4 is 0 Å². The number of hydrogen-bond acceptors (Lipinski definition) is 4. The molecule has 1 aliphatic carbocycles. The van der Waals surface area contributed by atoms with Crippen LogP contribution in [0.4, 0.5) is 0 Å². The lowest BCUT2D eigenvalue weighted by molar-refractivity contribution is 0.263. The summed E-state index contributed by atoms with van der Waals surface area (Å²) in [6.07, 6.45) is 8.64. The third kappa shape index (κ3) is 5.24. The van der Waals surface area contributed by atoms with Crippen LogP contribution < -0.4 is 9.47 Å². The molecular formula is C27H36N2O2. The summed E-state index contributed by atoms with van der Waals surface area (Å²) in [6, 6.07) is 13.2. The van der Waals surface area contributed by atoms with E-state index in [0.717, 1.165) is 57.1 Å². The van der Waals surface area contributed by atoms with Crippen LogP contribution in [0.25, 0.3) is 11.1 Å². The molecule has 0 saturated carbocycles. The fraction of sp³-hybridized carbons (Fsp3) is 0.556. The van der Waals surface area contributed by atoms with Gasteiger partial charge in [-0.25, -0.2) is 0 Å². The second-order valence-electron chi connectivity index (χ2n) is 9.32. The Balaban J connectivity index is 1.15. The maximum absolute atomic E-state index is 6.10. The molecule has 4 nitrogen and oxygen atoms in total. The minimum Gasteiger partial charge on any atom is -0.494 e. The maximum atomic E-state index is 6.10. The van der Waals surface area contributed by atoms with Crippen LogP contribution in [0.2, 0.25) is 0 Å². The number of nitrogens with zero attached hydrogens (tertiary/aromatic N) is 2. The van der Waals surface area contributed by atoms with E-state index in [2.05, 4.69) is 46.2 Å². The Morgan fingerprint density at radius 2 is 1.06 bits per heavy atom. The van der Waals surface area contributed by atoms with Crippen LogP contribution in [-0.2, 0) is 6.42 Å². The summed E-state index contributed by atoms with van der Waals surface area (Å²) >= 11 is 0. The van der Waals surface area contributed by atoms with E-state index >= 15 is 0 Å². The highest BCUT2D eigenvalue weighted by atomic mass is 16.5. The largest absolute Gasteiger partial charge is 0.494 e. The standard InChI is InChI=1S/C27H36N2O2/c1-2-12-28(11-1)15-5-17-30-24-9-7-22-19-23-8-10-25(21-27(23)26(22)20-24)31-18-6-16-29-13-3-4-14-29/h7-10,20-21H,1-6,11-19H2. The van der Waals surface area contributed by atoms with Crippen molar-refractivity contribution in [1.82, 2.24) is 9.80 Å². The SMILES string of the molecule is c1cc2c(cc1OCCCN1CCCC1)-c1cc(OCCCN3CCCC3)ccc1C2. The van der Waals surface area contributed by atoms with Gasteiger partial charge < -0.3 is 19.3 Å². The van der Waals surface area contributed by atoms with Crippen LogP contribution >= 0.6 is 0 Å². The van der Waals surface area contributed by atoms with Gasteiger partial charge in [-0.1, -0.05) is 12.1 Å². The van der Waals surface area contributed by atoms with E-state index in [-0.39, 0.29) is 0 Å². The molecule has 2 fully saturated rings. The average molecular weight is 421 g/mol. The molecule has 166 valence electrons. The van der Waals surface area contributed by atoms with E-state index in [4.69, 9.17) is 9.47 Å². The minimum absolute atomic E-state index is 0.794. The lowest BCUT2D eigenvalue weighted by Crippen LogP contribution is -2.21. The number of hydrogen-bond donors (Lipinski definition) is 0. The van der Waals surface area contributed by atoms with Crippen molar-refractivity contribution in [1.29, 1.82) is 0 Å². The topological polar surface area (TPSA) is 24.9 Å². The number of benzene rings is 2. The maximum Gasteiger partial charge on any atom is 0.119 e. The van der Waals surface area contributed by atoms with Crippen LogP contribution in [0, 0.1) is 0 Å². The zero-order chi connectivity index (χ0) is 20.9. The molecule has 0 unspecified atom stereocenters. The molecule has 0 spiro atoms. The van der Waals surface area contributed by atoms with E-state index < -0.39 is 0 Å². The first-order valence-electron chi connectivity index (χ1n) is 12.3. The monoisotopic (exact) mass is 420 g/mol. The van der Waals surface area contributed by atoms with Gasteiger partial charge in [0.15, 0.2) is 0 Å². The predicted octanol–water partition coefficient (Wildman–Crippen LogP) is 4.99. The molecule has 2 aromatic carbocycles. The third-order valence-corrected chi connectivity index (χ3v) is 7.01. The van der Waals surface area contributed by atoms with Crippen molar-refractivity contribution < 1.29 is 9.47 Å². The molecule has 0 aromatic heterocycles. The van der Waals surface area contributed by atoms with Crippen LogP contribution in [0.15, 0.2) is 36.4 Å². The van der Waals surface area contributed by atoms with Crippen molar-refractivity contribution in [2.24, 2.45) is 0 Å².